The van der Waals surface area contributed by atoms with Crippen molar-refractivity contribution in [2.45, 2.75) is 0 Å². The monoisotopic (exact) mass is 250 g/mol. The fraction of sp³-hybridized carbons (Fsp3) is 0.0588. The highest BCUT2D eigenvalue weighted by Crippen LogP contribution is 2.13. The molecular weight excluding hydrogens is 232 g/mol. The Kier molecular flexibility index (Phi) is 4.54. The summed E-state index contributed by atoms with van der Waals surface area (Å²) in [6.45, 7) is 0.421. The van der Waals surface area contributed by atoms with Crippen LogP contribution >= 0.6 is 0 Å². The molecule has 0 spiro atoms. The van der Waals surface area contributed by atoms with Crippen LogP contribution in [-0.4, -0.2) is 6.54 Å². The molecule has 0 unspecified atom stereocenters. The summed E-state index contributed by atoms with van der Waals surface area (Å²) in [6, 6.07) is 20.0. The summed E-state index contributed by atoms with van der Waals surface area (Å²) >= 11 is 0. The van der Waals surface area contributed by atoms with Crippen LogP contribution in [-0.2, 0) is 0 Å². The Morgan fingerprint density at radius 2 is 1.26 bits per heavy atom. The lowest BCUT2D eigenvalue weighted by Gasteiger charge is -2.06. The zero-order valence-corrected chi connectivity index (χ0v) is 10.8. The van der Waals surface area contributed by atoms with Gasteiger partial charge in [-0.1, -0.05) is 60.7 Å². The number of benzene rings is 2. The van der Waals surface area contributed by atoms with Crippen LogP contribution in [0.15, 0.2) is 71.9 Å². The van der Waals surface area contributed by atoms with Gasteiger partial charge in [-0.15, -0.1) is 0 Å². The second-order valence-electron chi connectivity index (χ2n) is 4.29. The number of nitrogens with two attached hydrogens (primary N) is 2. The number of rotatable bonds is 4. The summed E-state index contributed by atoms with van der Waals surface area (Å²) in [4.78, 5) is 0. The molecule has 0 aromatic heterocycles. The minimum atomic E-state index is 0.421. The van der Waals surface area contributed by atoms with Crippen molar-refractivity contribution in [3.63, 3.8) is 0 Å². The van der Waals surface area contributed by atoms with Gasteiger partial charge in [0, 0.05) is 12.2 Å². The van der Waals surface area contributed by atoms with E-state index in [1.807, 2.05) is 72.8 Å². The first-order valence-electron chi connectivity index (χ1n) is 6.28. The maximum Gasteiger partial charge on any atom is 0.0365 e. The van der Waals surface area contributed by atoms with Crippen molar-refractivity contribution in [1.82, 2.24) is 0 Å². The molecule has 2 rings (SSSR count). The number of hydrogen-bond acceptors (Lipinski definition) is 2. The summed E-state index contributed by atoms with van der Waals surface area (Å²) < 4.78 is 0. The van der Waals surface area contributed by atoms with Crippen LogP contribution in [0.5, 0.6) is 0 Å². The third-order valence-corrected chi connectivity index (χ3v) is 2.85. The third kappa shape index (κ3) is 3.83. The molecule has 4 N–H and O–H groups in total. The van der Waals surface area contributed by atoms with E-state index in [0.29, 0.717) is 12.2 Å². The molecule has 0 aliphatic rings. The predicted octanol–water partition coefficient (Wildman–Crippen LogP) is 3.03. The van der Waals surface area contributed by atoms with Gasteiger partial charge >= 0.3 is 0 Å². The SMILES string of the molecule is NCC(=C\c1ccccc1)/C(N)=C\c1ccccc1. The molecule has 0 atom stereocenters. The van der Waals surface area contributed by atoms with Gasteiger partial charge in [-0.2, -0.15) is 0 Å². The zero-order valence-electron chi connectivity index (χ0n) is 10.8. The Labute approximate surface area is 114 Å². The van der Waals surface area contributed by atoms with E-state index in [0.717, 1.165) is 16.7 Å². The van der Waals surface area contributed by atoms with E-state index in [4.69, 9.17) is 11.5 Å². The molecular formula is C17H18N2. The maximum absolute atomic E-state index is 6.12. The second-order valence-corrected chi connectivity index (χ2v) is 4.29. The first-order chi connectivity index (χ1) is 9.29. The third-order valence-electron chi connectivity index (χ3n) is 2.85. The smallest absolute Gasteiger partial charge is 0.0365 e. The van der Waals surface area contributed by atoms with E-state index in [2.05, 4.69) is 0 Å². The average Bonchev–Trinajstić information content (AvgIpc) is 2.47. The molecule has 0 aliphatic carbocycles. The van der Waals surface area contributed by atoms with Crippen LogP contribution in [0.1, 0.15) is 11.1 Å². The molecule has 0 heterocycles. The first-order valence-corrected chi connectivity index (χ1v) is 6.28. The van der Waals surface area contributed by atoms with Crippen LogP contribution < -0.4 is 11.5 Å². The van der Waals surface area contributed by atoms with Crippen molar-refractivity contribution in [2.75, 3.05) is 6.54 Å². The largest absolute Gasteiger partial charge is 0.398 e. The van der Waals surface area contributed by atoms with Gasteiger partial charge in [0.2, 0.25) is 0 Å². The van der Waals surface area contributed by atoms with Gasteiger partial charge < -0.3 is 11.5 Å². The van der Waals surface area contributed by atoms with Crippen LogP contribution in [0.2, 0.25) is 0 Å². The maximum atomic E-state index is 6.12. The Balaban J connectivity index is 2.27. The molecule has 2 nitrogen and oxygen atoms in total. The Morgan fingerprint density at radius 1 is 0.789 bits per heavy atom. The van der Waals surface area contributed by atoms with Crippen molar-refractivity contribution in [3.05, 3.63) is 83.1 Å². The minimum absolute atomic E-state index is 0.421. The molecule has 0 bridgehead atoms. The lowest BCUT2D eigenvalue weighted by Crippen LogP contribution is -2.11. The molecule has 0 radical (unpaired) electrons. The number of hydrogen-bond donors (Lipinski definition) is 2. The van der Waals surface area contributed by atoms with Gasteiger partial charge in [0.1, 0.15) is 0 Å². The Hall–Kier alpha value is -2.32. The van der Waals surface area contributed by atoms with Crippen LogP contribution in [0.3, 0.4) is 0 Å². The normalized spacial score (nSPS) is 12.5. The van der Waals surface area contributed by atoms with Crippen molar-refractivity contribution in [1.29, 1.82) is 0 Å². The van der Waals surface area contributed by atoms with E-state index >= 15 is 0 Å². The molecule has 96 valence electrons. The summed E-state index contributed by atoms with van der Waals surface area (Å²) in [5.41, 5.74) is 15.7. The summed E-state index contributed by atoms with van der Waals surface area (Å²) in [5, 5.41) is 0. The first kappa shape index (κ1) is 13.1. The molecule has 2 aromatic rings. The highest BCUT2D eigenvalue weighted by Gasteiger charge is 1.99. The zero-order chi connectivity index (χ0) is 13.5. The summed E-state index contributed by atoms with van der Waals surface area (Å²) in [6.07, 6.45) is 3.97. The molecule has 0 saturated heterocycles. The average molecular weight is 250 g/mol. The highest BCUT2D eigenvalue weighted by molar-refractivity contribution is 5.65. The highest BCUT2D eigenvalue weighted by atomic mass is 14.6. The summed E-state index contributed by atoms with van der Waals surface area (Å²) in [5.74, 6) is 0. The molecule has 0 saturated carbocycles. The predicted molar refractivity (Wildman–Crippen MR) is 82.1 cm³/mol. The minimum Gasteiger partial charge on any atom is -0.398 e. The Bertz CT molecular complexity index is 569. The van der Waals surface area contributed by atoms with Gasteiger partial charge in [0.05, 0.1) is 0 Å². The molecule has 2 heteroatoms. The lowest BCUT2D eigenvalue weighted by molar-refractivity contribution is 1.14. The topological polar surface area (TPSA) is 52.0 Å². The second kappa shape index (κ2) is 6.57. The van der Waals surface area contributed by atoms with Crippen LogP contribution in [0, 0.1) is 0 Å². The van der Waals surface area contributed by atoms with Crippen molar-refractivity contribution in [2.24, 2.45) is 11.5 Å². The van der Waals surface area contributed by atoms with Gasteiger partial charge in [-0.25, -0.2) is 0 Å². The fourth-order valence-corrected chi connectivity index (χ4v) is 1.83. The summed E-state index contributed by atoms with van der Waals surface area (Å²) in [7, 11) is 0. The molecule has 2 aromatic carbocycles. The van der Waals surface area contributed by atoms with Gasteiger partial charge in [0.25, 0.3) is 0 Å². The van der Waals surface area contributed by atoms with Crippen LogP contribution in [0.4, 0.5) is 0 Å². The molecule has 0 aliphatic heterocycles. The molecule has 0 fully saturated rings. The van der Waals surface area contributed by atoms with Gasteiger partial charge in [-0.05, 0) is 28.9 Å². The Morgan fingerprint density at radius 3 is 1.74 bits per heavy atom. The lowest BCUT2D eigenvalue weighted by atomic mass is 10.1. The van der Waals surface area contributed by atoms with E-state index in [-0.39, 0.29) is 0 Å². The van der Waals surface area contributed by atoms with E-state index < -0.39 is 0 Å². The molecule has 19 heavy (non-hydrogen) atoms. The van der Waals surface area contributed by atoms with E-state index in [1.54, 1.807) is 0 Å². The van der Waals surface area contributed by atoms with Crippen molar-refractivity contribution >= 4 is 12.2 Å². The van der Waals surface area contributed by atoms with E-state index in [1.165, 1.54) is 0 Å². The molecule has 0 amide bonds. The van der Waals surface area contributed by atoms with E-state index in [9.17, 15) is 0 Å². The van der Waals surface area contributed by atoms with Crippen LogP contribution in [0.25, 0.3) is 12.2 Å². The van der Waals surface area contributed by atoms with Gasteiger partial charge in [-0.3, -0.25) is 0 Å². The quantitative estimate of drug-likeness (QED) is 0.819. The van der Waals surface area contributed by atoms with Crippen molar-refractivity contribution < 1.29 is 0 Å². The fourth-order valence-electron chi connectivity index (χ4n) is 1.83. The van der Waals surface area contributed by atoms with Gasteiger partial charge in [0.15, 0.2) is 0 Å². The standard InChI is InChI=1S/C17H18N2/c18-13-16(11-14-7-3-1-4-8-14)17(19)12-15-9-5-2-6-10-15/h1-12H,13,18-19H2/b16-11+,17-12+. The van der Waals surface area contributed by atoms with Crippen molar-refractivity contribution in [3.8, 4) is 0 Å².